The Kier molecular flexibility index (Phi) is 5.57. The second-order valence-corrected chi connectivity index (χ2v) is 7.79. The topological polar surface area (TPSA) is 61.4 Å². The first-order chi connectivity index (χ1) is 11.2. The van der Waals surface area contributed by atoms with Gasteiger partial charge in [-0.2, -0.15) is 0 Å². The van der Waals surface area contributed by atoms with E-state index in [2.05, 4.69) is 10.6 Å². The maximum atomic E-state index is 12.3. The number of amides is 2. The van der Waals surface area contributed by atoms with Crippen LogP contribution >= 0.6 is 0 Å². The monoisotopic (exact) mass is 321 g/mol. The van der Waals surface area contributed by atoms with Crippen LogP contribution in [0.3, 0.4) is 0 Å². The number of nitrogens with zero attached hydrogens (tertiary/aromatic N) is 1. The summed E-state index contributed by atoms with van der Waals surface area (Å²) in [7, 11) is 0. The minimum Gasteiger partial charge on any atom is -0.347 e. The second-order valence-electron chi connectivity index (χ2n) is 7.79. The minimum absolute atomic E-state index is 0.0544. The summed E-state index contributed by atoms with van der Waals surface area (Å²) in [5.74, 6) is 0.671. The van der Waals surface area contributed by atoms with Gasteiger partial charge < -0.3 is 15.5 Å². The number of nitrogens with one attached hydrogen (secondary N) is 2. The van der Waals surface area contributed by atoms with Crippen molar-refractivity contribution in [2.75, 3.05) is 32.7 Å². The normalized spacial score (nSPS) is 24.8. The van der Waals surface area contributed by atoms with Gasteiger partial charge in [0.1, 0.15) is 0 Å². The molecule has 2 heterocycles. The van der Waals surface area contributed by atoms with E-state index in [0.717, 1.165) is 39.0 Å². The average molecular weight is 321 g/mol. The molecule has 1 saturated carbocycles. The first-order valence-electron chi connectivity index (χ1n) is 9.42. The molecule has 3 rings (SSSR count). The number of carbonyl (C=O) groups is 2. The largest absolute Gasteiger partial charge is 0.347 e. The molecule has 0 bridgehead atoms. The molecule has 130 valence electrons. The lowest BCUT2D eigenvalue weighted by molar-refractivity contribution is -0.134. The highest BCUT2D eigenvalue weighted by atomic mass is 16.2. The van der Waals surface area contributed by atoms with E-state index in [1.54, 1.807) is 0 Å². The van der Waals surface area contributed by atoms with Crippen LogP contribution in [0.1, 0.15) is 57.8 Å². The summed E-state index contributed by atoms with van der Waals surface area (Å²) in [5.41, 5.74) is 0.432. The van der Waals surface area contributed by atoms with Crippen LogP contribution in [0.4, 0.5) is 0 Å². The fraction of sp³-hybridized carbons (Fsp3) is 0.889. The van der Waals surface area contributed by atoms with Gasteiger partial charge in [0.15, 0.2) is 0 Å². The van der Waals surface area contributed by atoms with Crippen LogP contribution in [0.25, 0.3) is 0 Å². The molecule has 0 radical (unpaired) electrons. The Morgan fingerprint density at radius 2 is 1.83 bits per heavy atom. The Hall–Kier alpha value is -1.10. The fourth-order valence-corrected chi connectivity index (χ4v) is 4.46. The molecule has 0 unspecified atom stereocenters. The van der Waals surface area contributed by atoms with E-state index in [-0.39, 0.29) is 18.4 Å². The zero-order valence-electron chi connectivity index (χ0n) is 14.2. The SMILES string of the molecule is O=C(CC1CCCCC1)NCC(=O)N1CCC2(CCNC2)CC1. The first kappa shape index (κ1) is 16.7. The summed E-state index contributed by atoms with van der Waals surface area (Å²) in [4.78, 5) is 26.2. The molecule has 2 aliphatic heterocycles. The molecule has 2 amide bonds. The summed E-state index contributed by atoms with van der Waals surface area (Å²) >= 11 is 0. The van der Waals surface area contributed by atoms with Crippen molar-refractivity contribution in [2.24, 2.45) is 11.3 Å². The van der Waals surface area contributed by atoms with Crippen LogP contribution in [0.2, 0.25) is 0 Å². The Labute approximate surface area is 139 Å². The van der Waals surface area contributed by atoms with Crippen molar-refractivity contribution >= 4 is 11.8 Å². The number of hydrogen-bond donors (Lipinski definition) is 2. The van der Waals surface area contributed by atoms with Gasteiger partial charge in [-0.05, 0) is 50.0 Å². The Morgan fingerprint density at radius 1 is 1.09 bits per heavy atom. The van der Waals surface area contributed by atoms with Crippen molar-refractivity contribution in [3.63, 3.8) is 0 Å². The third-order valence-electron chi connectivity index (χ3n) is 6.14. The van der Waals surface area contributed by atoms with Gasteiger partial charge in [0.05, 0.1) is 6.54 Å². The highest BCUT2D eigenvalue weighted by Crippen LogP contribution is 2.36. The van der Waals surface area contributed by atoms with Crippen molar-refractivity contribution < 1.29 is 9.59 Å². The molecule has 3 aliphatic rings. The highest BCUT2D eigenvalue weighted by Gasteiger charge is 2.37. The first-order valence-corrected chi connectivity index (χ1v) is 9.42. The van der Waals surface area contributed by atoms with E-state index in [4.69, 9.17) is 0 Å². The Balaban J connectivity index is 1.35. The molecule has 0 aromatic heterocycles. The number of piperidine rings is 1. The van der Waals surface area contributed by atoms with Crippen LogP contribution in [0, 0.1) is 11.3 Å². The van der Waals surface area contributed by atoms with Crippen LogP contribution in [-0.2, 0) is 9.59 Å². The average Bonchev–Trinajstić information content (AvgIpc) is 3.02. The van der Waals surface area contributed by atoms with Crippen molar-refractivity contribution in [3.8, 4) is 0 Å². The summed E-state index contributed by atoms with van der Waals surface area (Å²) in [5, 5.41) is 6.29. The van der Waals surface area contributed by atoms with Gasteiger partial charge in [0.2, 0.25) is 11.8 Å². The number of carbonyl (C=O) groups excluding carboxylic acids is 2. The van der Waals surface area contributed by atoms with Crippen molar-refractivity contribution in [3.05, 3.63) is 0 Å². The predicted octanol–water partition coefficient (Wildman–Crippen LogP) is 1.68. The van der Waals surface area contributed by atoms with Gasteiger partial charge in [-0.3, -0.25) is 9.59 Å². The lowest BCUT2D eigenvalue weighted by atomic mass is 9.78. The smallest absolute Gasteiger partial charge is 0.241 e. The van der Waals surface area contributed by atoms with Gasteiger partial charge in [-0.25, -0.2) is 0 Å². The van der Waals surface area contributed by atoms with Crippen LogP contribution in [0.5, 0.6) is 0 Å². The number of likely N-dealkylation sites (tertiary alicyclic amines) is 1. The fourth-order valence-electron chi connectivity index (χ4n) is 4.46. The summed E-state index contributed by atoms with van der Waals surface area (Å²) < 4.78 is 0. The van der Waals surface area contributed by atoms with Gasteiger partial charge >= 0.3 is 0 Å². The molecule has 5 heteroatoms. The molecule has 5 nitrogen and oxygen atoms in total. The van der Waals surface area contributed by atoms with Gasteiger partial charge in [-0.15, -0.1) is 0 Å². The standard InChI is InChI=1S/C18H31N3O2/c22-16(12-15-4-2-1-3-5-15)20-13-17(23)21-10-7-18(8-11-21)6-9-19-14-18/h15,19H,1-14H2,(H,20,22). The predicted molar refractivity (Wildman–Crippen MR) is 89.9 cm³/mol. The molecular weight excluding hydrogens is 290 g/mol. The third-order valence-corrected chi connectivity index (χ3v) is 6.14. The molecule has 3 fully saturated rings. The van der Waals surface area contributed by atoms with E-state index in [1.165, 1.54) is 38.5 Å². The van der Waals surface area contributed by atoms with Crippen LogP contribution < -0.4 is 10.6 Å². The lowest BCUT2D eigenvalue weighted by Gasteiger charge is -2.38. The van der Waals surface area contributed by atoms with E-state index < -0.39 is 0 Å². The molecule has 23 heavy (non-hydrogen) atoms. The van der Waals surface area contributed by atoms with Crippen LogP contribution in [0.15, 0.2) is 0 Å². The van der Waals surface area contributed by atoms with Crippen molar-refractivity contribution in [1.29, 1.82) is 0 Å². The molecule has 2 N–H and O–H groups in total. The third kappa shape index (κ3) is 4.46. The zero-order valence-corrected chi connectivity index (χ0v) is 14.2. The van der Waals surface area contributed by atoms with E-state index in [9.17, 15) is 9.59 Å². The molecule has 0 aromatic rings. The molecular formula is C18H31N3O2. The zero-order chi connectivity index (χ0) is 16.1. The Bertz CT molecular complexity index is 416. The number of rotatable bonds is 4. The van der Waals surface area contributed by atoms with E-state index >= 15 is 0 Å². The van der Waals surface area contributed by atoms with Crippen molar-refractivity contribution in [2.45, 2.75) is 57.8 Å². The maximum Gasteiger partial charge on any atom is 0.241 e. The summed E-state index contributed by atoms with van der Waals surface area (Å²) in [6.45, 7) is 4.09. The van der Waals surface area contributed by atoms with E-state index in [0.29, 0.717) is 17.8 Å². The van der Waals surface area contributed by atoms with E-state index in [1.807, 2.05) is 4.90 Å². The molecule has 0 atom stereocenters. The summed E-state index contributed by atoms with van der Waals surface area (Å²) in [6.07, 6.45) is 10.2. The minimum atomic E-state index is 0.0544. The quantitative estimate of drug-likeness (QED) is 0.828. The maximum absolute atomic E-state index is 12.3. The molecule has 1 aliphatic carbocycles. The van der Waals surface area contributed by atoms with Gasteiger partial charge in [-0.1, -0.05) is 19.3 Å². The van der Waals surface area contributed by atoms with Gasteiger partial charge in [0.25, 0.3) is 0 Å². The van der Waals surface area contributed by atoms with Crippen molar-refractivity contribution in [1.82, 2.24) is 15.5 Å². The van der Waals surface area contributed by atoms with Gasteiger partial charge in [0, 0.05) is 26.1 Å². The molecule has 0 aromatic carbocycles. The Morgan fingerprint density at radius 3 is 2.48 bits per heavy atom. The number of hydrogen-bond acceptors (Lipinski definition) is 3. The molecule has 2 saturated heterocycles. The van der Waals surface area contributed by atoms with Crippen LogP contribution in [-0.4, -0.2) is 49.4 Å². The summed E-state index contributed by atoms with van der Waals surface area (Å²) in [6, 6.07) is 0. The lowest BCUT2D eigenvalue weighted by Crippen LogP contribution is -2.47. The molecule has 1 spiro atoms. The second kappa shape index (κ2) is 7.65. The highest BCUT2D eigenvalue weighted by molar-refractivity contribution is 5.84.